The van der Waals surface area contributed by atoms with Gasteiger partial charge in [0.2, 0.25) is 0 Å². The first kappa shape index (κ1) is 25.0. The molecule has 0 aliphatic rings. The lowest BCUT2D eigenvalue weighted by molar-refractivity contribution is -0.132. The van der Waals surface area contributed by atoms with Crippen LogP contribution in [0.4, 0.5) is 17.1 Å². The summed E-state index contributed by atoms with van der Waals surface area (Å²) in [5.41, 5.74) is 4.17. The zero-order valence-electron chi connectivity index (χ0n) is 20.2. The third-order valence-corrected chi connectivity index (χ3v) is 8.15. The highest BCUT2D eigenvalue weighted by atomic mass is 32.1. The molecular formula is C32H22N2O2S2. The number of anilines is 3. The fourth-order valence-corrected chi connectivity index (χ4v) is 5.99. The predicted octanol–water partition coefficient (Wildman–Crippen LogP) is 9.51. The molecule has 0 fully saturated rings. The van der Waals surface area contributed by atoms with Crippen LogP contribution < -0.4 is 4.90 Å². The number of rotatable bonds is 8. The molecule has 6 heteroatoms. The SMILES string of the molecule is [C-]#[N+]C(=CC=Cc1ccc(-c2ccc(-c3ccc(N(c4ccccc4)c4ccccc4)cc3)s2)s1)C(=O)O. The average molecular weight is 531 g/mol. The molecule has 3 aromatic carbocycles. The molecule has 0 radical (unpaired) electrons. The largest absolute Gasteiger partial charge is 0.486 e. The van der Waals surface area contributed by atoms with Crippen molar-refractivity contribution < 1.29 is 9.90 Å². The van der Waals surface area contributed by atoms with Gasteiger partial charge in [0.15, 0.2) is 0 Å². The number of nitrogens with zero attached hydrogens (tertiary/aromatic N) is 2. The van der Waals surface area contributed by atoms with E-state index in [0.717, 1.165) is 32.4 Å². The van der Waals surface area contributed by atoms with Crippen LogP contribution in [0.5, 0.6) is 0 Å². The molecule has 5 rings (SSSR count). The molecule has 2 heterocycles. The summed E-state index contributed by atoms with van der Waals surface area (Å²) in [4.78, 5) is 20.7. The Balaban J connectivity index is 1.36. The molecular weight excluding hydrogens is 508 g/mol. The number of benzene rings is 3. The Hall–Kier alpha value is -4.70. The molecule has 0 spiro atoms. The molecule has 4 nitrogen and oxygen atoms in total. The lowest BCUT2D eigenvalue weighted by Gasteiger charge is -2.25. The van der Waals surface area contributed by atoms with Gasteiger partial charge < -0.3 is 10.0 Å². The molecule has 5 aromatic rings. The van der Waals surface area contributed by atoms with E-state index >= 15 is 0 Å². The van der Waals surface area contributed by atoms with Crippen LogP contribution in [-0.2, 0) is 4.79 Å². The van der Waals surface area contributed by atoms with E-state index in [-0.39, 0.29) is 5.70 Å². The summed E-state index contributed by atoms with van der Waals surface area (Å²) in [5, 5.41) is 8.95. The van der Waals surface area contributed by atoms with Gasteiger partial charge in [0.1, 0.15) is 0 Å². The van der Waals surface area contributed by atoms with Crippen LogP contribution >= 0.6 is 22.7 Å². The van der Waals surface area contributed by atoms with Crippen molar-refractivity contribution in [1.29, 1.82) is 0 Å². The highest BCUT2D eigenvalue weighted by Gasteiger charge is 2.13. The molecule has 0 saturated carbocycles. The molecule has 0 bridgehead atoms. The van der Waals surface area contributed by atoms with Gasteiger partial charge in [-0.25, -0.2) is 4.85 Å². The third kappa shape index (κ3) is 5.65. The Morgan fingerprint density at radius 3 is 1.87 bits per heavy atom. The van der Waals surface area contributed by atoms with E-state index in [2.05, 4.69) is 101 Å². The standard InChI is InChI=1S/C32H22N2O2S2/c1-33-28(32(35)36)14-8-13-27-19-20-30(37-27)31-22-21-29(38-31)23-15-17-26(18-16-23)34(24-9-4-2-5-10-24)25-11-6-3-7-12-25/h2-22H,(H,35,36). The Kier molecular flexibility index (Phi) is 7.60. The van der Waals surface area contributed by atoms with Gasteiger partial charge >= 0.3 is 5.97 Å². The lowest BCUT2D eigenvalue weighted by atomic mass is 10.1. The van der Waals surface area contributed by atoms with Crippen molar-refractivity contribution in [2.75, 3.05) is 4.90 Å². The molecule has 0 unspecified atom stereocenters. The van der Waals surface area contributed by atoms with Gasteiger partial charge in [-0.2, -0.15) is 0 Å². The zero-order valence-corrected chi connectivity index (χ0v) is 21.8. The highest BCUT2D eigenvalue weighted by molar-refractivity contribution is 7.24. The van der Waals surface area contributed by atoms with Gasteiger partial charge in [-0.15, -0.1) is 22.7 Å². The van der Waals surface area contributed by atoms with Crippen LogP contribution in [0.2, 0.25) is 0 Å². The molecule has 0 aliphatic carbocycles. The highest BCUT2D eigenvalue weighted by Crippen LogP contribution is 2.40. The van der Waals surface area contributed by atoms with Gasteiger partial charge in [0.25, 0.3) is 5.70 Å². The molecule has 1 N–H and O–H groups in total. The molecule has 0 aliphatic heterocycles. The molecule has 38 heavy (non-hydrogen) atoms. The lowest BCUT2D eigenvalue weighted by Crippen LogP contribution is -2.09. The first-order valence-electron chi connectivity index (χ1n) is 11.8. The van der Waals surface area contributed by atoms with Crippen molar-refractivity contribution in [3.63, 3.8) is 0 Å². The fraction of sp³-hybridized carbons (Fsp3) is 0. The Morgan fingerprint density at radius 2 is 1.26 bits per heavy atom. The van der Waals surface area contributed by atoms with E-state index in [1.807, 2.05) is 24.3 Å². The summed E-state index contributed by atoms with van der Waals surface area (Å²) < 4.78 is 0. The predicted molar refractivity (Wildman–Crippen MR) is 159 cm³/mol. The van der Waals surface area contributed by atoms with Crippen molar-refractivity contribution in [3.8, 4) is 20.2 Å². The van der Waals surface area contributed by atoms with E-state index in [4.69, 9.17) is 11.7 Å². The molecule has 184 valence electrons. The normalized spacial score (nSPS) is 11.4. The number of carboxylic acid groups (broad SMARTS) is 1. The minimum atomic E-state index is -1.22. The van der Waals surface area contributed by atoms with Crippen LogP contribution in [0, 0.1) is 6.57 Å². The van der Waals surface area contributed by atoms with E-state index in [0.29, 0.717) is 0 Å². The molecule has 0 atom stereocenters. The van der Waals surface area contributed by atoms with Crippen molar-refractivity contribution in [2.45, 2.75) is 0 Å². The minimum Gasteiger partial charge on any atom is -0.486 e. The summed E-state index contributed by atoms with van der Waals surface area (Å²) in [6, 6.07) is 37.7. The number of para-hydroxylation sites is 2. The van der Waals surface area contributed by atoms with Crippen molar-refractivity contribution in [1.82, 2.24) is 0 Å². The van der Waals surface area contributed by atoms with Gasteiger partial charge in [0, 0.05) is 36.6 Å². The summed E-state index contributed by atoms with van der Waals surface area (Å²) in [6.45, 7) is 6.92. The number of hydrogen-bond donors (Lipinski definition) is 1. The van der Waals surface area contributed by atoms with E-state index in [9.17, 15) is 4.79 Å². The molecule has 0 amide bonds. The third-order valence-electron chi connectivity index (χ3n) is 5.77. The van der Waals surface area contributed by atoms with E-state index in [1.165, 1.54) is 15.8 Å². The second-order valence-electron chi connectivity index (χ2n) is 8.25. The van der Waals surface area contributed by atoms with Crippen LogP contribution in [0.15, 0.2) is 127 Å². The van der Waals surface area contributed by atoms with Crippen molar-refractivity contribution >= 4 is 51.8 Å². The maximum atomic E-state index is 10.9. The molecule has 2 aromatic heterocycles. The van der Waals surface area contributed by atoms with Crippen LogP contribution in [0.3, 0.4) is 0 Å². The first-order valence-corrected chi connectivity index (χ1v) is 13.5. The maximum absolute atomic E-state index is 10.9. The quantitative estimate of drug-likeness (QED) is 0.123. The number of hydrogen-bond acceptors (Lipinski definition) is 4. The molecule has 0 saturated heterocycles. The van der Waals surface area contributed by atoms with Gasteiger partial charge in [-0.1, -0.05) is 54.6 Å². The first-order chi connectivity index (χ1) is 18.6. The van der Waals surface area contributed by atoms with Gasteiger partial charge in [0.05, 0.1) is 6.57 Å². The Labute approximate surface area is 229 Å². The summed E-state index contributed by atoms with van der Waals surface area (Å²) >= 11 is 3.37. The monoisotopic (exact) mass is 530 g/mol. The average Bonchev–Trinajstić information content (AvgIpc) is 3.63. The number of thiophene rings is 2. The maximum Gasteiger partial charge on any atom is 0.333 e. The van der Waals surface area contributed by atoms with Crippen LogP contribution in [0.1, 0.15) is 4.88 Å². The van der Waals surface area contributed by atoms with Crippen molar-refractivity contribution in [2.24, 2.45) is 0 Å². The van der Waals surface area contributed by atoms with Gasteiger partial charge in [-0.05, 0) is 78.4 Å². The summed E-state index contributed by atoms with van der Waals surface area (Å²) in [7, 11) is 0. The number of carboxylic acids is 1. The van der Waals surface area contributed by atoms with Gasteiger partial charge in [-0.3, -0.25) is 4.79 Å². The van der Waals surface area contributed by atoms with Crippen molar-refractivity contribution in [3.05, 3.63) is 143 Å². The number of aliphatic carboxylic acids is 1. The smallest absolute Gasteiger partial charge is 0.333 e. The summed E-state index contributed by atoms with van der Waals surface area (Å²) in [5.74, 6) is -1.22. The second-order valence-corrected chi connectivity index (χ2v) is 10.4. The Morgan fingerprint density at radius 1 is 0.711 bits per heavy atom. The number of carbonyl (C=O) groups is 1. The van der Waals surface area contributed by atoms with E-state index in [1.54, 1.807) is 28.7 Å². The minimum absolute atomic E-state index is 0.303. The van der Waals surface area contributed by atoms with Crippen LogP contribution in [-0.4, -0.2) is 11.1 Å². The van der Waals surface area contributed by atoms with Crippen LogP contribution in [0.25, 0.3) is 31.1 Å². The zero-order chi connectivity index (χ0) is 26.3. The second kappa shape index (κ2) is 11.6. The topological polar surface area (TPSA) is 44.9 Å². The summed E-state index contributed by atoms with van der Waals surface area (Å²) in [6.07, 6.45) is 4.74. The fourth-order valence-electron chi connectivity index (χ4n) is 3.97. The van der Waals surface area contributed by atoms with E-state index < -0.39 is 5.97 Å². The number of allylic oxidation sites excluding steroid dienone is 2. The Bertz CT molecular complexity index is 1600.